The summed E-state index contributed by atoms with van der Waals surface area (Å²) in [5.74, 6) is 0. The van der Waals surface area contributed by atoms with E-state index < -0.39 is 0 Å². The topological polar surface area (TPSA) is 38.7 Å². The maximum absolute atomic E-state index is 9.61. The number of hydrogen-bond acceptors (Lipinski definition) is 3. The summed E-state index contributed by atoms with van der Waals surface area (Å²) in [6, 6.07) is 10.1. The molecular weight excluding hydrogens is 396 g/mol. The van der Waals surface area contributed by atoms with Crippen LogP contribution in [0.4, 0.5) is 0 Å². The summed E-state index contributed by atoms with van der Waals surface area (Å²) in [5.41, 5.74) is 1.12. The molecule has 0 aliphatic rings. The molecule has 0 spiro atoms. The van der Waals surface area contributed by atoms with Crippen molar-refractivity contribution in [2.24, 2.45) is 0 Å². The van der Waals surface area contributed by atoms with Crippen LogP contribution in [0.1, 0.15) is 122 Å². The van der Waals surface area contributed by atoms with Crippen LogP contribution in [0.25, 0.3) is 0 Å². The SMILES string of the molecule is CCCCCCCCCCCCCCCCCCO[C@@H](C)[C@H](CO)OCc1ccccc1. The Balaban J connectivity index is 1.85. The van der Waals surface area contributed by atoms with Crippen molar-refractivity contribution >= 4 is 0 Å². The summed E-state index contributed by atoms with van der Waals surface area (Å²) in [7, 11) is 0. The Bertz CT molecular complexity index is 490. The second kappa shape index (κ2) is 21.9. The molecule has 0 saturated heterocycles. The van der Waals surface area contributed by atoms with Crippen molar-refractivity contribution in [2.75, 3.05) is 13.2 Å². The fourth-order valence-electron chi connectivity index (χ4n) is 4.14. The number of aliphatic hydroxyl groups is 1. The van der Waals surface area contributed by atoms with E-state index in [1.807, 2.05) is 37.3 Å². The van der Waals surface area contributed by atoms with Gasteiger partial charge in [-0.2, -0.15) is 0 Å². The molecule has 1 rings (SSSR count). The van der Waals surface area contributed by atoms with Crippen LogP contribution in [0.15, 0.2) is 30.3 Å². The molecule has 186 valence electrons. The molecule has 1 N–H and O–H groups in total. The highest BCUT2D eigenvalue weighted by Gasteiger charge is 2.17. The number of rotatable bonds is 23. The number of benzene rings is 1. The zero-order chi connectivity index (χ0) is 23.1. The van der Waals surface area contributed by atoms with E-state index in [-0.39, 0.29) is 18.8 Å². The molecule has 0 heterocycles. The maximum Gasteiger partial charge on any atom is 0.107 e. The van der Waals surface area contributed by atoms with E-state index in [9.17, 15) is 5.11 Å². The Morgan fingerprint density at radius 2 is 1.12 bits per heavy atom. The summed E-state index contributed by atoms with van der Waals surface area (Å²) in [5, 5.41) is 9.61. The van der Waals surface area contributed by atoms with Crippen molar-refractivity contribution < 1.29 is 14.6 Å². The van der Waals surface area contributed by atoms with Gasteiger partial charge in [-0.05, 0) is 18.9 Å². The molecule has 0 bridgehead atoms. The van der Waals surface area contributed by atoms with Crippen LogP contribution in [-0.2, 0) is 16.1 Å². The lowest BCUT2D eigenvalue weighted by Gasteiger charge is -2.23. The predicted octanol–water partition coefficient (Wildman–Crippen LogP) is 8.23. The molecule has 0 fully saturated rings. The van der Waals surface area contributed by atoms with Gasteiger partial charge < -0.3 is 14.6 Å². The minimum absolute atomic E-state index is 0.00699. The number of hydrogen-bond donors (Lipinski definition) is 1. The lowest BCUT2D eigenvalue weighted by atomic mass is 10.0. The van der Waals surface area contributed by atoms with Crippen LogP contribution in [-0.4, -0.2) is 30.5 Å². The Morgan fingerprint density at radius 3 is 1.59 bits per heavy atom. The first-order valence-electron chi connectivity index (χ1n) is 13.7. The van der Waals surface area contributed by atoms with Crippen molar-refractivity contribution in [3.8, 4) is 0 Å². The van der Waals surface area contributed by atoms with Crippen LogP contribution < -0.4 is 0 Å². The van der Waals surface area contributed by atoms with Crippen LogP contribution in [0.5, 0.6) is 0 Å². The van der Waals surface area contributed by atoms with Crippen LogP contribution >= 0.6 is 0 Å². The average molecular weight is 449 g/mol. The van der Waals surface area contributed by atoms with Gasteiger partial charge in [0, 0.05) is 6.61 Å². The van der Waals surface area contributed by atoms with Gasteiger partial charge in [-0.25, -0.2) is 0 Å². The minimum atomic E-state index is -0.267. The first-order chi connectivity index (χ1) is 15.8. The van der Waals surface area contributed by atoms with Crippen molar-refractivity contribution in [2.45, 2.75) is 135 Å². The second-order valence-corrected chi connectivity index (χ2v) is 9.40. The summed E-state index contributed by atoms with van der Waals surface area (Å²) >= 11 is 0. The van der Waals surface area contributed by atoms with Gasteiger partial charge in [0.15, 0.2) is 0 Å². The average Bonchev–Trinajstić information content (AvgIpc) is 2.82. The van der Waals surface area contributed by atoms with Crippen molar-refractivity contribution in [3.63, 3.8) is 0 Å². The maximum atomic E-state index is 9.61. The summed E-state index contributed by atoms with van der Waals surface area (Å²) in [6.07, 6.45) is 21.7. The van der Waals surface area contributed by atoms with E-state index >= 15 is 0 Å². The lowest BCUT2D eigenvalue weighted by molar-refractivity contribution is -0.0917. The molecule has 0 aromatic heterocycles. The third-order valence-electron chi connectivity index (χ3n) is 6.39. The summed E-state index contributed by atoms with van der Waals surface area (Å²) in [4.78, 5) is 0. The fourth-order valence-corrected chi connectivity index (χ4v) is 4.14. The van der Waals surface area contributed by atoms with Gasteiger partial charge in [-0.3, -0.25) is 0 Å². The summed E-state index contributed by atoms with van der Waals surface area (Å²) < 4.78 is 11.8. The molecule has 0 amide bonds. The van der Waals surface area contributed by atoms with Gasteiger partial charge in [0.2, 0.25) is 0 Å². The zero-order valence-corrected chi connectivity index (χ0v) is 21.2. The van der Waals surface area contributed by atoms with Gasteiger partial charge >= 0.3 is 0 Å². The minimum Gasteiger partial charge on any atom is -0.394 e. The van der Waals surface area contributed by atoms with Crippen molar-refractivity contribution in [1.82, 2.24) is 0 Å². The van der Waals surface area contributed by atoms with Gasteiger partial charge in [0.05, 0.1) is 19.3 Å². The van der Waals surface area contributed by atoms with E-state index in [1.165, 1.54) is 96.3 Å². The van der Waals surface area contributed by atoms with E-state index in [2.05, 4.69) is 6.92 Å². The Labute approximate surface area is 199 Å². The molecule has 1 aromatic carbocycles. The zero-order valence-electron chi connectivity index (χ0n) is 21.2. The highest BCUT2D eigenvalue weighted by Crippen LogP contribution is 2.14. The predicted molar refractivity (Wildman–Crippen MR) is 137 cm³/mol. The van der Waals surface area contributed by atoms with E-state index in [0.717, 1.165) is 18.6 Å². The molecule has 0 aliphatic carbocycles. The number of ether oxygens (including phenoxy) is 2. The lowest BCUT2D eigenvalue weighted by Crippen LogP contribution is -2.32. The largest absolute Gasteiger partial charge is 0.394 e. The van der Waals surface area contributed by atoms with E-state index in [0.29, 0.717) is 6.61 Å². The highest BCUT2D eigenvalue weighted by atomic mass is 16.5. The third kappa shape index (κ3) is 16.7. The standard InChI is InChI=1S/C29H52O3/c1-3-4-5-6-7-8-9-10-11-12-13-14-15-16-17-21-24-31-27(2)29(25-30)32-26-28-22-19-18-20-23-28/h18-20,22-23,27,29-30H,3-17,21,24-26H2,1-2H3/t27-,29-/m0/s1. The monoisotopic (exact) mass is 448 g/mol. The van der Waals surface area contributed by atoms with Crippen LogP contribution in [0, 0.1) is 0 Å². The molecule has 32 heavy (non-hydrogen) atoms. The fraction of sp³-hybridized carbons (Fsp3) is 0.793. The Hall–Kier alpha value is -0.900. The molecule has 0 radical (unpaired) electrons. The third-order valence-corrected chi connectivity index (χ3v) is 6.39. The van der Waals surface area contributed by atoms with Gasteiger partial charge in [0.25, 0.3) is 0 Å². The Morgan fingerprint density at radius 1 is 0.656 bits per heavy atom. The Kier molecular flexibility index (Phi) is 20.0. The molecule has 3 nitrogen and oxygen atoms in total. The molecule has 1 aromatic rings. The number of aliphatic hydroxyl groups excluding tert-OH is 1. The van der Waals surface area contributed by atoms with Gasteiger partial charge in [-0.15, -0.1) is 0 Å². The molecule has 3 heteroatoms. The quantitative estimate of drug-likeness (QED) is 0.171. The first kappa shape index (κ1) is 29.1. The summed E-state index contributed by atoms with van der Waals surface area (Å²) in [6.45, 7) is 5.55. The molecular formula is C29H52O3. The van der Waals surface area contributed by atoms with Gasteiger partial charge in [-0.1, -0.05) is 134 Å². The van der Waals surface area contributed by atoms with Crippen LogP contribution in [0.3, 0.4) is 0 Å². The molecule has 0 unspecified atom stereocenters. The normalized spacial score (nSPS) is 13.3. The van der Waals surface area contributed by atoms with Crippen molar-refractivity contribution in [1.29, 1.82) is 0 Å². The van der Waals surface area contributed by atoms with Crippen LogP contribution in [0.2, 0.25) is 0 Å². The van der Waals surface area contributed by atoms with Crippen molar-refractivity contribution in [3.05, 3.63) is 35.9 Å². The highest BCUT2D eigenvalue weighted by molar-refractivity contribution is 5.13. The second-order valence-electron chi connectivity index (χ2n) is 9.40. The first-order valence-corrected chi connectivity index (χ1v) is 13.7. The molecule has 0 saturated carbocycles. The van der Waals surface area contributed by atoms with Gasteiger partial charge in [0.1, 0.15) is 6.10 Å². The number of unbranched alkanes of at least 4 members (excludes halogenated alkanes) is 15. The molecule has 2 atom stereocenters. The smallest absolute Gasteiger partial charge is 0.107 e. The molecule has 0 aliphatic heterocycles. The van der Waals surface area contributed by atoms with E-state index in [4.69, 9.17) is 9.47 Å². The van der Waals surface area contributed by atoms with E-state index in [1.54, 1.807) is 0 Å².